The Morgan fingerprint density at radius 2 is 1.68 bits per heavy atom. The minimum Gasteiger partial charge on any atom is -0.483 e. The zero-order valence-corrected chi connectivity index (χ0v) is 16.8. The number of hydrogen-bond donors (Lipinski definition) is 0. The second-order valence-corrected chi connectivity index (χ2v) is 7.87. The minimum atomic E-state index is -0.00766. The summed E-state index contributed by atoms with van der Waals surface area (Å²) in [5.74, 6) is 0.860. The number of benzene rings is 3. The van der Waals surface area contributed by atoms with Gasteiger partial charge in [0, 0.05) is 19.5 Å². The Morgan fingerprint density at radius 1 is 0.929 bits per heavy atom. The van der Waals surface area contributed by atoms with Gasteiger partial charge in [0.2, 0.25) is 0 Å². The zero-order chi connectivity index (χ0) is 19.2. The molecule has 0 spiro atoms. The van der Waals surface area contributed by atoms with Crippen molar-refractivity contribution >= 4 is 21.6 Å². The first kappa shape index (κ1) is 18.7. The molecular weight excluding hydrogens is 364 g/mol. The fourth-order valence-corrected chi connectivity index (χ4v) is 4.08. The van der Waals surface area contributed by atoms with Crippen molar-refractivity contribution in [1.82, 2.24) is 9.88 Å². The number of rotatable bonds is 8. The van der Waals surface area contributed by atoms with E-state index in [2.05, 4.69) is 77.6 Å². The summed E-state index contributed by atoms with van der Waals surface area (Å²) in [4.78, 5) is 6.84. The van der Waals surface area contributed by atoms with Gasteiger partial charge in [-0.15, -0.1) is 11.3 Å². The average molecular weight is 389 g/mol. The van der Waals surface area contributed by atoms with Gasteiger partial charge < -0.3 is 9.64 Å². The third-order valence-electron chi connectivity index (χ3n) is 4.83. The van der Waals surface area contributed by atoms with Crippen molar-refractivity contribution in [3.8, 4) is 5.75 Å². The Hall–Kier alpha value is -2.69. The molecule has 0 saturated heterocycles. The van der Waals surface area contributed by atoms with Crippen LogP contribution in [0.1, 0.15) is 23.7 Å². The van der Waals surface area contributed by atoms with Crippen molar-refractivity contribution in [2.45, 2.75) is 19.1 Å². The predicted molar refractivity (Wildman–Crippen MR) is 117 cm³/mol. The molecule has 0 saturated carbocycles. The van der Waals surface area contributed by atoms with E-state index in [4.69, 9.17) is 4.74 Å². The van der Waals surface area contributed by atoms with Crippen LogP contribution in [0.5, 0.6) is 5.75 Å². The van der Waals surface area contributed by atoms with Gasteiger partial charge in [-0.05, 0) is 30.3 Å². The highest BCUT2D eigenvalue weighted by atomic mass is 32.1. The maximum Gasteiger partial charge on any atom is 0.147 e. The van der Waals surface area contributed by atoms with E-state index in [9.17, 15) is 0 Å². The van der Waals surface area contributed by atoms with E-state index >= 15 is 0 Å². The van der Waals surface area contributed by atoms with Crippen LogP contribution in [0, 0.1) is 0 Å². The maximum atomic E-state index is 6.49. The Bertz CT molecular complexity index is 1000. The summed E-state index contributed by atoms with van der Waals surface area (Å²) in [5, 5.41) is 0. The Kier molecular flexibility index (Phi) is 6.00. The molecule has 0 unspecified atom stereocenters. The highest BCUT2D eigenvalue weighted by Crippen LogP contribution is 2.32. The van der Waals surface area contributed by atoms with Crippen molar-refractivity contribution in [3.05, 3.63) is 95.5 Å². The predicted octanol–water partition coefficient (Wildman–Crippen LogP) is 5.94. The average Bonchev–Trinajstić information content (AvgIpc) is 3.22. The summed E-state index contributed by atoms with van der Waals surface area (Å²) in [6.07, 6.45) is 0.903. The van der Waals surface area contributed by atoms with Crippen LogP contribution in [-0.4, -0.2) is 23.5 Å². The van der Waals surface area contributed by atoms with Crippen LogP contribution in [0.3, 0.4) is 0 Å². The van der Waals surface area contributed by atoms with Gasteiger partial charge in [0.1, 0.15) is 17.4 Å². The van der Waals surface area contributed by atoms with Crippen LogP contribution < -0.4 is 4.74 Å². The summed E-state index contributed by atoms with van der Waals surface area (Å²) in [7, 11) is 2.16. The summed E-state index contributed by atoms with van der Waals surface area (Å²) in [5.41, 5.74) is 5.35. The number of para-hydroxylation sites is 1. The number of ether oxygens (including phenoxy) is 1. The van der Waals surface area contributed by atoms with Crippen molar-refractivity contribution in [2.75, 3.05) is 13.6 Å². The molecule has 0 radical (unpaired) electrons. The van der Waals surface area contributed by atoms with E-state index in [0.717, 1.165) is 35.5 Å². The van der Waals surface area contributed by atoms with Gasteiger partial charge in [0.05, 0.1) is 10.2 Å². The van der Waals surface area contributed by atoms with Crippen molar-refractivity contribution in [3.63, 3.8) is 0 Å². The fraction of sp³-hybridized carbons (Fsp3) is 0.208. The Morgan fingerprint density at radius 3 is 2.46 bits per heavy atom. The molecule has 142 valence electrons. The van der Waals surface area contributed by atoms with E-state index in [1.165, 1.54) is 11.1 Å². The number of aromatic nitrogens is 1. The molecule has 0 aliphatic carbocycles. The molecule has 4 heteroatoms. The van der Waals surface area contributed by atoms with Gasteiger partial charge in [0.15, 0.2) is 0 Å². The topological polar surface area (TPSA) is 25.4 Å². The summed E-state index contributed by atoms with van der Waals surface area (Å²) < 4.78 is 7.65. The van der Waals surface area contributed by atoms with Gasteiger partial charge in [-0.25, -0.2) is 4.98 Å². The van der Waals surface area contributed by atoms with E-state index < -0.39 is 0 Å². The molecule has 0 aliphatic rings. The molecule has 28 heavy (non-hydrogen) atoms. The van der Waals surface area contributed by atoms with Gasteiger partial charge in [0.25, 0.3) is 0 Å². The summed E-state index contributed by atoms with van der Waals surface area (Å²) in [6.45, 7) is 1.88. The lowest BCUT2D eigenvalue weighted by Gasteiger charge is -2.23. The van der Waals surface area contributed by atoms with Crippen LogP contribution >= 0.6 is 11.3 Å². The first-order valence-corrected chi connectivity index (χ1v) is 10.4. The lowest BCUT2D eigenvalue weighted by Crippen LogP contribution is -2.22. The van der Waals surface area contributed by atoms with Crippen LogP contribution in [0.4, 0.5) is 0 Å². The summed E-state index contributed by atoms with van der Waals surface area (Å²) in [6, 6.07) is 27.2. The molecule has 4 aromatic rings. The molecule has 1 heterocycles. The molecule has 3 aromatic carbocycles. The largest absolute Gasteiger partial charge is 0.483 e. The molecule has 0 amide bonds. The van der Waals surface area contributed by atoms with Gasteiger partial charge in [-0.3, -0.25) is 0 Å². The third-order valence-corrected chi connectivity index (χ3v) is 5.63. The van der Waals surface area contributed by atoms with Crippen LogP contribution in [0.2, 0.25) is 0 Å². The Balaban J connectivity index is 1.49. The molecule has 1 atom stereocenters. The Labute approximate surface area is 170 Å². The van der Waals surface area contributed by atoms with E-state index in [1.807, 2.05) is 23.7 Å². The first-order valence-electron chi connectivity index (χ1n) is 9.56. The molecule has 0 aliphatic heterocycles. The normalized spacial score (nSPS) is 12.4. The number of nitrogens with zero attached hydrogens (tertiary/aromatic N) is 2. The van der Waals surface area contributed by atoms with Gasteiger partial charge in [-0.2, -0.15) is 0 Å². The lowest BCUT2D eigenvalue weighted by molar-refractivity contribution is 0.173. The van der Waals surface area contributed by atoms with Crippen LogP contribution in [0.25, 0.3) is 10.2 Å². The molecular formula is C24H24N2OS. The highest BCUT2D eigenvalue weighted by Gasteiger charge is 2.16. The van der Waals surface area contributed by atoms with Crippen molar-refractivity contribution in [1.29, 1.82) is 0 Å². The zero-order valence-electron chi connectivity index (χ0n) is 16.0. The molecule has 3 nitrogen and oxygen atoms in total. The highest BCUT2D eigenvalue weighted by molar-refractivity contribution is 7.16. The van der Waals surface area contributed by atoms with Crippen molar-refractivity contribution < 1.29 is 4.74 Å². The lowest BCUT2D eigenvalue weighted by atomic mass is 10.1. The maximum absolute atomic E-state index is 6.49. The first-order chi connectivity index (χ1) is 13.8. The molecule has 0 N–H and O–H groups in total. The number of hydrogen-bond acceptors (Lipinski definition) is 4. The summed E-state index contributed by atoms with van der Waals surface area (Å²) >= 11 is 1.64. The molecule has 0 fully saturated rings. The SMILES string of the molecule is CN(CC[C@@H](Oc1cccc2scnc12)c1ccccc1)Cc1ccccc1. The fourth-order valence-electron chi connectivity index (χ4n) is 3.38. The number of thiazole rings is 1. The van der Waals surface area contributed by atoms with Crippen LogP contribution in [0.15, 0.2) is 84.4 Å². The second-order valence-electron chi connectivity index (χ2n) is 6.98. The van der Waals surface area contributed by atoms with E-state index in [1.54, 1.807) is 11.3 Å². The third kappa shape index (κ3) is 4.58. The van der Waals surface area contributed by atoms with Crippen molar-refractivity contribution in [2.24, 2.45) is 0 Å². The van der Waals surface area contributed by atoms with Crippen LogP contribution in [-0.2, 0) is 6.54 Å². The van der Waals surface area contributed by atoms with Gasteiger partial charge in [-0.1, -0.05) is 66.7 Å². The number of fused-ring (bicyclic) bond motifs is 1. The van der Waals surface area contributed by atoms with E-state index in [0.29, 0.717) is 0 Å². The molecule has 4 rings (SSSR count). The minimum absolute atomic E-state index is 0.00766. The second kappa shape index (κ2) is 9.00. The smallest absolute Gasteiger partial charge is 0.147 e. The molecule has 1 aromatic heterocycles. The van der Waals surface area contributed by atoms with Gasteiger partial charge >= 0.3 is 0 Å². The standard InChI is InChI=1S/C24H24N2OS/c1-26(17-19-9-4-2-5-10-19)16-15-21(20-11-6-3-7-12-20)27-22-13-8-14-23-24(22)25-18-28-23/h2-14,18,21H,15-17H2,1H3/t21-/m1/s1. The van der Waals surface area contributed by atoms with E-state index in [-0.39, 0.29) is 6.10 Å². The molecule has 0 bridgehead atoms. The quantitative estimate of drug-likeness (QED) is 0.374. The monoisotopic (exact) mass is 388 g/mol.